The fraction of sp³-hybridized carbons (Fsp3) is 0.111. The van der Waals surface area contributed by atoms with Crippen LogP contribution in [-0.4, -0.2) is 13.1 Å². The van der Waals surface area contributed by atoms with E-state index in [0.29, 0.717) is 5.56 Å². The van der Waals surface area contributed by atoms with Gasteiger partial charge in [0, 0.05) is 0 Å². The van der Waals surface area contributed by atoms with E-state index < -0.39 is 11.8 Å². The van der Waals surface area contributed by atoms with Crippen molar-refractivity contribution in [3.8, 4) is 0 Å². The molecular weight excluding hydrogens is 159 g/mol. The van der Waals surface area contributed by atoms with Crippen LogP contribution in [0.4, 0.5) is 4.39 Å². The molecule has 0 aliphatic heterocycles. The van der Waals surface area contributed by atoms with Crippen LogP contribution in [0, 0.1) is 12.7 Å². The van der Waals surface area contributed by atoms with Gasteiger partial charge in [0.2, 0.25) is 0 Å². The van der Waals surface area contributed by atoms with Crippen molar-refractivity contribution >= 4 is 5.97 Å². The second kappa shape index (κ2) is 3.34. The minimum absolute atomic E-state index is 0.0649. The van der Waals surface area contributed by atoms with E-state index in [4.69, 9.17) is 0 Å². The zero-order chi connectivity index (χ0) is 9.14. The summed E-state index contributed by atoms with van der Waals surface area (Å²) in [5.74, 6) is -1.28. The van der Waals surface area contributed by atoms with E-state index in [-0.39, 0.29) is 5.56 Å². The van der Waals surface area contributed by atoms with Crippen LogP contribution in [0.3, 0.4) is 0 Å². The first kappa shape index (κ1) is 8.71. The van der Waals surface area contributed by atoms with Crippen molar-refractivity contribution in [2.45, 2.75) is 0 Å². The lowest BCUT2D eigenvalue weighted by atomic mass is 10.1. The molecule has 2 nitrogen and oxygen atoms in total. The fourth-order valence-corrected chi connectivity index (χ4v) is 0.834. The van der Waals surface area contributed by atoms with E-state index in [9.17, 15) is 9.18 Å². The summed E-state index contributed by atoms with van der Waals surface area (Å²) in [7, 11) is 1.21. The summed E-state index contributed by atoms with van der Waals surface area (Å²) >= 11 is 0. The Kier molecular flexibility index (Phi) is 2.43. The molecule has 12 heavy (non-hydrogen) atoms. The number of methoxy groups -OCH3 is 1. The van der Waals surface area contributed by atoms with Gasteiger partial charge in [-0.15, -0.1) is 0 Å². The Balaban J connectivity index is 3.09. The third kappa shape index (κ3) is 1.61. The van der Waals surface area contributed by atoms with Gasteiger partial charge in [-0.1, -0.05) is 6.07 Å². The van der Waals surface area contributed by atoms with Crippen molar-refractivity contribution in [1.82, 2.24) is 0 Å². The topological polar surface area (TPSA) is 26.3 Å². The van der Waals surface area contributed by atoms with E-state index in [2.05, 4.69) is 11.7 Å². The summed E-state index contributed by atoms with van der Waals surface area (Å²) in [5, 5.41) is 0. The molecular formula is C9H8FO2. The van der Waals surface area contributed by atoms with E-state index in [1.807, 2.05) is 0 Å². The second-order valence-electron chi connectivity index (χ2n) is 2.31. The highest BCUT2D eigenvalue weighted by molar-refractivity contribution is 5.89. The molecule has 63 valence electrons. The largest absolute Gasteiger partial charge is 0.465 e. The first-order valence-electron chi connectivity index (χ1n) is 3.35. The third-order valence-electron chi connectivity index (χ3n) is 1.44. The molecule has 1 radical (unpaired) electrons. The molecule has 1 rings (SSSR count). The van der Waals surface area contributed by atoms with Crippen molar-refractivity contribution in [2.24, 2.45) is 0 Å². The van der Waals surface area contributed by atoms with Gasteiger partial charge in [0.25, 0.3) is 0 Å². The molecule has 1 aromatic rings. The lowest BCUT2D eigenvalue weighted by molar-refractivity contribution is 0.0595. The summed E-state index contributed by atoms with van der Waals surface area (Å²) in [6.45, 7) is 3.52. The Bertz CT molecular complexity index is 307. The SMILES string of the molecule is [CH2]c1ccc(C(=O)OC)c(F)c1. The van der Waals surface area contributed by atoms with Gasteiger partial charge >= 0.3 is 5.97 Å². The number of carbonyl (C=O) groups excluding carboxylic acids is 1. The van der Waals surface area contributed by atoms with E-state index in [1.54, 1.807) is 6.07 Å². The van der Waals surface area contributed by atoms with Crippen LogP contribution in [0.5, 0.6) is 0 Å². The predicted molar refractivity (Wildman–Crippen MR) is 42.2 cm³/mol. The van der Waals surface area contributed by atoms with Gasteiger partial charge in [0.15, 0.2) is 0 Å². The van der Waals surface area contributed by atoms with Crippen LogP contribution < -0.4 is 0 Å². The number of hydrogen-bond acceptors (Lipinski definition) is 2. The molecule has 0 aromatic heterocycles. The first-order chi connectivity index (χ1) is 5.65. The molecule has 0 atom stereocenters. The smallest absolute Gasteiger partial charge is 0.340 e. The quantitative estimate of drug-likeness (QED) is 0.596. The molecule has 0 aliphatic carbocycles. The average Bonchev–Trinajstić information content (AvgIpc) is 2.03. The summed E-state index contributed by atoms with van der Waals surface area (Å²) in [5.41, 5.74) is 0.463. The Hall–Kier alpha value is -1.38. The van der Waals surface area contributed by atoms with Gasteiger partial charge in [0.1, 0.15) is 5.82 Å². The Morgan fingerprint density at radius 1 is 1.58 bits per heavy atom. The fourth-order valence-electron chi connectivity index (χ4n) is 0.834. The molecule has 0 saturated carbocycles. The summed E-state index contributed by atoms with van der Waals surface area (Å²) in [6, 6.07) is 4.09. The highest BCUT2D eigenvalue weighted by Crippen LogP contribution is 2.10. The van der Waals surface area contributed by atoms with Gasteiger partial charge < -0.3 is 4.74 Å². The van der Waals surface area contributed by atoms with E-state index in [1.165, 1.54) is 19.2 Å². The zero-order valence-corrected chi connectivity index (χ0v) is 6.63. The van der Waals surface area contributed by atoms with Gasteiger partial charge in [-0.2, -0.15) is 0 Å². The molecule has 0 heterocycles. The zero-order valence-electron chi connectivity index (χ0n) is 6.63. The minimum atomic E-state index is -0.674. The van der Waals surface area contributed by atoms with Crippen LogP contribution in [0.1, 0.15) is 15.9 Å². The lowest BCUT2D eigenvalue weighted by Crippen LogP contribution is -2.04. The van der Waals surface area contributed by atoms with Crippen molar-refractivity contribution in [3.63, 3.8) is 0 Å². The van der Waals surface area contributed by atoms with E-state index >= 15 is 0 Å². The monoisotopic (exact) mass is 167 g/mol. The summed E-state index contributed by atoms with van der Waals surface area (Å²) in [4.78, 5) is 10.9. The van der Waals surface area contributed by atoms with Crippen molar-refractivity contribution < 1.29 is 13.9 Å². The highest BCUT2D eigenvalue weighted by Gasteiger charge is 2.10. The van der Waals surface area contributed by atoms with Crippen molar-refractivity contribution in [2.75, 3.05) is 7.11 Å². The minimum Gasteiger partial charge on any atom is -0.465 e. The molecule has 0 N–H and O–H groups in total. The molecule has 3 heteroatoms. The van der Waals surface area contributed by atoms with Crippen LogP contribution in [-0.2, 0) is 4.74 Å². The highest BCUT2D eigenvalue weighted by atomic mass is 19.1. The summed E-state index contributed by atoms with van der Waals surface area (Å²) in [6.07, 6.45) is 0. The standard InChI is InChI=1S/C9H8FO2/c1-6-3-4-7(8(10)5-6)9(11)12-2/h3-5H,1H2,2H3. The Morgan fingerprint density at radius 3 is 2.75 bits per heavy atom. The molecule has 0 aliphatic rings. The number of esters is 1. The molecule has 0 amide bonds. The maximum Gasteiger partial charge on any atom is 0.340 e. The average molecular weight is 167 g/mol. The predicted octanol–water partition coefficient (Wildman–Crippen LogP) is 1.79. The van der Waals surface area contributed by atoms with E-state index in [0.717, 1.165) is 0 Å². The van der Waals surface area contributed by atoms with Crippen LogP contribution in [0.25, 0.3) is 0 Å². The third-order valence-corrected chi connectivity index (χ3v) is 1.44. The molecule has 0 spiro atoms. The van der Waals surface area contributed by atoms with Crippen LogP contribution in [0.15, 0.2) is 18.2 Å². The number of benzene rings is 1. The molecule has 1 aromatic carbocycles. The second-order valence-corrected chi connectivity index (χ2v) is 2.31. The summed E-state index contributed by atoms with van der Waals surface area (Å²) < 4.78 is 17.3. The molecule has 0 fully saturated rings. The number of halogens is 1. The molecule has 0 unspecified atom stereocenters. The number of carbonyl (C=O) groups is 1. The maximum atomic E-state index is 12.9. The normalized spacial score (nSPS) is 9.58. The number of hydrogen-bond donors (Lipinski definition) is 0. The van der Waals surface area contributed by atoms with Crippen LogP contribution in [0.2, 0.25) is 0 Å². The van der Waals surface area contributed by atoms with Gasteiger partial charge in [-0.05, 0) is 24.6 Å². The van der Waals surface area contributed by atoms with Gasteiger partial charge in [-0.3, -0.25) is 0 Å². The van der Waals surface area contributed by atoms with Crippen LogP contribution >= 0.6 is 0 Å². The Morgan fingerprint density at radius 2 is 2.25 bits per heavy atom. The molecule has 0 saturated heterocycles. The van der Waals surface area contributed by atoms with Crippen molar-refractivity contribution in [3.05, 3.63) is 42.1 Å². The number of rotatable bonds is 1. The Labute approximate surface area is 70.0 Å². The van der Waals surface area contributed by atoms with Gasteiger partial charge in [0.05, 0.1) is 12.7 Å². The van der Waals surface area contributed by atoms with Crippen molar-refractivity contribution in [1.29, 1.82) is 0 Å². The first-order valence-corrected chi connectivity index (χ1v) is 3.35. The number of ether oxygens (including phenoxy) is 1. The molecule has 0 bridgehead atoms. The lowest BCUT2D eigenvalue weighted by Gasteiger charge is -2.00. The van der Waals surface area contributed by atoms with Gasteiger partial charge in [-0.25, -0.2) is 9.18 Å². The maximum absolute atomic E-state index is 12.9.